The highest BCUT2D eigenvalue weighted by Gasteiger charge is 2.38. The lowest BCUT2D eigenvalue weighted by atomic mass is 10.2. The zero-order valence-corrected chi connectivity index (χ0v) is 15.6. The third-order valence-corrected chi connectivity index (χ3v) is 5.13. The van der Waals surface area contributed by atoms with Gasteiger partial charge in [0.2, 0.25) is 0 Å². The van der Waals surface area contributed by atoms with Gasteiger partial charge in [-0.15, -0.1) is 0 Å². The maximum absolute atomic E-state index is 12.9. The van der Waals surface area contributed by atoms with Crippen molar-refractivity contribution in [3.8, 4) is 5.75 Å². The van der Waals surface area contributed by atoms with E-state index >= 15 is 0 Å². The van der Waals surface area contributed by atoms with E-state index in [1.807, 2.05) is 43.3 Å². The fourth-order valence-electron chi connectivity index (χ4n) is 3.53. The predicted octanol–water partition coefficient (Wildman–Crippen LogP) is 4.23. The summed E-state index contributed by atoms with van der Waals surface area (Å²) in [6.07, 6.45) is 5.62. The van der Waals surface area contributed by atoms with E-state index in [0.29, 0.717) is 29.7 Å². The molecule has 0 saturated heterocycles. The molecule has 1 amide bonds. The molecule has 1 fully saturated rings. The van der Waals surface area contributed by atoms with Gasteiger partial charge in [0.05, 0.1) is 11.3 Å². The molecule has 2 aromatic heterocycles. The number of para-hydroxylation sites is 1. The van der Waals surface area contributed by atoms with Crippen molar-refractivity contribution in [3.05, 3.63) is 71.5 Å². The lowest BCUT2D eigenvalue weighted by molar-refractivity contribution is 0.102. The molecule has 28 heavy (non-hydrogen) atoms. The van der Waals surface area contributed by atoms with Crippen molar-refractivity contribution in [1.82, 2.24) is 9.97 Å². The van der Waals surface area contributed by atoms with Crippen molar-refractivity contribution in [3.63, 3.8) is 0 Å². The van der Waals surface area contributed by atoms with E-state index in [1.165, 1.54) is 0 Å². The van der Waals surface area contributed by atoms with Crippen molar-refractivity contribution in [2.24, 2.45) is 0 Å². The second-order valence-corrected chi connectivity index (χ2v) is 7.15. The average molecular weight is 372 g/mol. The molecule has 5 rings (SSSR count). The number of carbonyl (C=O) groups is 1. The van der Waals surface area contributed by atoms with Gasteiger partial charge in [0.1, 0.15) is 18.2 Å². The summed E-state index contributed by atoms with van der Waals surface area (Å²) >= 11 is 0. The lowest BCUT2D eigenvalue weighted by Gasteiger charge is -2.24. The van der Waals surface area contributed by atoms with Crippen LogP contribution >= 0.6 is 0 Å². The predicted molar refractivity (Wildman–Crippen MR) is 107 cm³/mol. The smallest absolute Gasteiger partial charge is 0.259 e. The summed E-state index contributed by atoms with van der Waals surface area (Å²) in [5.74, 6) is 2.07. The van der Waals surface area contributed by atoms with Gasteiger partial charge in [-0.25, -0.2) is 9.97 Å². The summed E-state index contributed by atoms with van der Waals surface area (Å²) in [4.78, 5) is 24.1. The molecule has 0 bridgehead atoms. The summed E-state index contributed by atoms with van der Waals surface area (Å²) in [5.41, 5.74) is 3.23. The number of rotatable bonds is 4. The number of aromatic nitrogens is 2. The molecule has 1 aliphatic carbocycles. The highest BCUT2D eigenvalue weighted by atomic mass is 16.5. The van der Waals surface area contributed by atoms with Gasteiger partial charge >= 0.3 is 0 Å². The first kappa shape index (κ1) is 16.7. The third-order valence-electron chi connectivity index (χ3n) is 5.13. The Kier molecular flexibility index (Phi) is 3.97. The van der Waals surface area contributed by atoms with E-state index in [4.69, 9.17) is 4.74 Å². The summed E-state index contributed by atoms with van der Waals surface area (Å²) in [6.45, 7) is 2.36. The number of benzene rings is 1. The van der Waals surface area contributed by atoms with E-state index in [2.05, 4.69) is 20.2 Å². The second-order valence-electron chi connectivity index (χ2n) is 7.15. The number of fused-ring (bicyclic) bond motifs is 2. The zero-order valence-electron chi connectivity index (χ0n) is 15.6. The van der Waals surface area contributed by atoms with Gasteiger partial charge in [-0.2, -0.15) is 0 Å². The fourth-order valence-corrected chi connectivity index (χ4v) is 3.53. The molecule has 1 N–H and O–H groups in total. The van der Waals surface area contributed by atoms with Gasteiger partial charge in [-0.1, -0.05) is 18.2 Å². The minimum absolute atomic E-state index is 0.169. The largest absolute Gasteiger partial charge is 0.489 e. The minimum Gasteiger partial charge on any atom is -0.489 e. The van der Waals surface area contributed by atoms with Crippen LogP contribution in [0, 0.1) is 6.92 Å². The fraction of sp³-hybridized carbons (Fsp3) is 0.227. The molecule has 0 unspecified atom stereocenters. The molecule has 3 aromatic rings. The van der Waals surface area contributed by atoms with Crippen LogP contribution in [0.25, 0.3) is 0 Å². The Hall–Kier alpha value is -3.41. The van der Waals surface area contributed by atoms with Crippen LogP contribution in [0.15, 0.2) is 54.9 Å². The Morgan fingerprint density at radius 3 is 2.71 bits per heavy atom. The number of nitrogens with one attached hydrogen (secondary N) is 1. The second kappa shape index (κ2) is 6.64. The van der Waals surface area contributed by atoms with Crippen molar-refractivity contribution in [2.45, 2.75) is 32.4 Å². The van der Waals surface area contributed by atoms with E-state index in [-0.39, 0.29) is 5.91 Å². The van der Waals surface area contributed by atoms with Crippen LogP contribution in [0.4, 0.5) is 17.3 Å². The normalized spacial score (nSPS) is 15.3. The van der Waals surface area contributed by atoms with Crippen LogP contribution in [0.3, 0.4) is 0 Å². The SMILES string of the molecule is Cc1ccccc1OCc1ccnc2c1NC(=O)c1cccnc1N2C1CC1. The molecule has 1 saturated carbocycles. The van der Waals surface area contributed by atoms with E-state index in [0.717, 1.165) is 35.5 Å². The van der Waals surface area contributed by atoms with Gasteiger partial charge in [0.15, 0.2) is 5.82 Å². The average Bonchev–Trinajstić information content (AvgIpc) is 3.55. The van der Waals surface area contributed by atoms with Crippen molar-refractivity contribution < 1.29 is 9.53 Å². The number of hydrogen-bond donors (Lipinski definition) is 1. The summed E-state index contributed by atoms with van der Waals surface area (Å²) < 4.78 is 6.04. The number of amides is 1. The van der Waals surface area contributed by atoms with E-state index < -0.39 is 0 Å². The minimum atomic E-state index is -0.169. The van der Waals surface area contributed by atoms with Gasteiger partial charge in [-0.3, -0.25) is 4.79 Å². The number of carbonyl (C=O) groups excluding carboxylic acids is 1. The van der Waals surface area contributed by atoms with Crippen LogP contribution < -0.4 is 15.0 Å². The maximum Gasteiger partial charge on any atom is 0.259 e. The highest BCUT2D eigenvalue weighted by Crippen LogP contribution is 2.44. The molecule has 1 aromatic carbocycles. The molecule has 0 radical (unpaired) electrons. The van der Waals surface area contributed by atoms with Crippen molar-refractivity contribution >= 4 is 23.2 Å². The summed E-state index contributed by atoms with van der Waals surface area (Å²) in [5, 5.41) is 3.05. The van der Waals surface area contributed by atoms with Crippen LogP contribution in [-0.2, 0) is 6.61 Å². The van der Waals surface area contributed by atoms with Crippen LogP contribution in [0.5, 0.6) is 5.75 Å². The van der Waals surface area contributed by atoms with E-state index in [1.54, 1.807) is 18.5 Å². The maximum atomic E-state index is 12.9. The molecule has 0 atom stereocenters. The Morgan fingerprint density at radius 2 is 1.89 bits per heavy atom. The molecule has 1 aliphatic heterocycles. The Balaban J connectivity index is 1.56. The first-order chi connectivity index (χ1) is 13.7. The summed E-state index contributed by atoms with van der Waals surface area (Å²) in [6, 6.07) is 13.7. The van der Waals surface area contributed by atoms with Crippen LogP contribution in [0.2, 0.25) is 0 Å². The molecule has 0 spiro atoms. The molecule has 140 valence electrons. The molecular formula is C22H20N4O2. The summed E-state index contributed by atoms with van der Waals surface area (Å²) in [7, 11) is 0. The molecule has 6 heteroatoms. The molecule has 2 aliphatic rings. The van der Waals surface area contributed by atoms with E-state index in [9.17, 15) is 4.79 Å². The van der Waals surface area contributed by atoms with Gasteiger partial charge in [0.25, 0.3) is 5.91 Å². The van der Waals surface area contributed by atoms with Crippen LogP contribution in [0.1, 0.15) is 34.3 Å². The Bertz CT molecular complexity index is 1060. The van der Waals surface area contributed by atoms with Gasteiger partial charge in [-0.05, 0) is 49.6 Å². The topological polar surface area (TPSA) is 67.3 Å². The van der Waals surface area contributed by atoms with Crippen molar-refractivity contribution in [2.75, 3.05) is 10.2 Å². The van der Waals surface area contributed by atoms with Gasteiger partial charge in [0, 0.05) is 24.0 Å². The number of ether oxygens (including phenoxy) is 1. The Morgan fingerprint density at radius 1 is 1.07 bits per heavy atom. The number of pyridine rings is 2. The zero-order chi connectivity index (χ0) is 19.1. The van der Waals surface area contributed by atoms with Crippen LogP contribution in [-0.4, -0.2) is 21.9 Å². The molecule has 3 heterocycles. The third kappa shape index (κ3) is 2.87. The highest BCUT2D eigenvalue weighted by molar-refractivity contribution is 6.11. The first-order valence-corrected chi connectivity index (χ1v) is 9.44. The molecular weight excluding hydrogens is 352 g/mol. The molecule has 6 nitrogen and oxygen atoms in total. The number of hydrogen-bond acceptors (Lipinski definition) is 5. The monoisotopic (exact) mass is 372 g/mol. The first-order valence-electron chi connectivity index (χ1n) is 9.44. The number of anilines is 3. The van der Waals surface area contributed by atoms with Gasteiger partial charge < -0.3 is 15.0 Å². The lowest BCUT2D eigenvalue weighted by Crippen LogP contribution is -2.22. The number of aryl methyl sites for hydroxylation is 1. The van der Waals surface area contributed by atoms with Crippen molar-refractivity contribution in [1.29, 1.82) is 0 Å². The number of nitrogens with zero attached hydrogens (tertiary/aromatic N) is 3. The quantitative estimate of drug-likeness (QED) is 0.742. The Labute approximate surface area is 163 Å². The standard InChI is InChI=1S/C22H20N4O2/c1-14-5-2-3-7-18(14)28-13-15-10-12-24-21-19(15)25-22(27)17-6-4-11-23-20(17)26(21)16-8-9-16/h2-7,10-12,16H,8-9,13H2,1H3,(H,25,27).